The minimum Gasteiger partial charge on any atom is -0.450 e. The lowest BCUT2D eigenvalue weighted by atomic mass is 10.3. The first-order valence-electron chi connectivity index (χ1n) is 4.33. The number of aromatic amines is 1. The number of nitrogens with one attached hydrogen (secondary N) is 1. The van der Waals surface area contributed by atoms with E-state index in [9.17, 15) is 4.79 Å². The van der Waals surface area contributed by atoms with Gasteiger partial charge in [0.1, 0.15) is 5.75 Å². The van der Waals surface area contributed by atoms with Crippen molar-refractivity contribution in [1.82, 2.24) is 9.97 Å². The number of para-hydroxylation sites is 1. The van der Waals surface area contributed by atoms with Gasteiger partial charge in [-0.1, -0.05) is 18.2 Å². The van der Waals surface area contributed by atoms with Crippen molar-refractivity contribution in [2.75, 3.05) is 5.73 Å². The third-order valence-corrected chi connectivity index (χ3v) is 1.76. The molecule has 76 valence electrons. The molecular formula is C10H9N3O2. The second-order valence-corrected chi connectivity index (χ2v) is 2.88. The molecule has 0 aliphatic heterocycles. The summed E-state index contributed by atoms with van der Waals surface area (Å²) >= 11 is 0. The van der Waals surface area contributed by atoms with Crippen LogP contribution in [-0.2, 0) is 0 Å². The van der Waals surface area contributed by atoms with Crippen molar-refractivity contribution in [3.8, 4) is 11.5 Å². The van der Waals surface area contributed by atoms with Crippen LogP contribution >= 0.6 is 0 Å². The molecular weight excluding hydrogens is 194 g/mol. The summed E-state index contributed by atoms with van der Waals surface area (Å²) in [6.07, 6.45) is 1.29. The predicted molar refractivity (Wildman–Crippen MR) is 55.8 cm³/mol. The maximum Gasteiger partial charge on any atom is 0.295 e. The van der Waals surface area contributed by atoms with E-state index in [1.165, 1.54) is 6.20 Å². The SMILES string of the molecule is Nc1ncc(Oc2ccccc2)c(=O)[nH]1. The van der Waals surface area contributed by atoms with Gasteiger partial charge in [0, 0.05) is 0 Å². The molecule has 0 saturated carbocycles. The number of nitrogens with zero attached hydrogens (tertiary/aromatic N) is 1. The van der Waals surface area contributed by atoms with E-state index in [1.54, 1.807) is 12.1 Å². The second kappa shape index (κ2) is 3.83. The quantitative estimate of drug-likeness (QED) is 0.767. The Labute approximate surface area is 85.5 Å². The van der Waals surface area contributed by atoms with Gasteiger partial charge >= 0.3 is 0 Å². The third-order valence-electron chi connectivity index (χ3n) is 1.76. The number of H-pyrrole nitrogens is 1. The highest BCUT2D eigenvalue weighted by molar-refractivity contribution is 5.29. The van der Waals surface area contributed by atoms with Crippen LogP contribution in [0, 0.1) is 0 Å². The van der Waals surface area contributed by atoms with Crippen LogP contribution in [0.5, 0.6) is 11.5 Å². The van der Waals surface area contributed by atoms with Crippen molar-refractivity contribution in [3.05, 3.63) is 46.9 Å². The topological polar surface area (TPSA) is 81.0 Å². The van der Waals surface area contributed by atoms with Crippen molar-refractivity contribution in [1.29, 1.82) is 0 Å². The van der Waals surface area contributed by atoms with Crippen LogP contribution in [0.1, 0.15) is 0 Å². The van der Waals surface area contributed by atoms with E-state index in [1.807, 2.05) is 18.2 Å². The number of benzene rings is 1. The normalized spacial score (nSPS) is 9.87. The number of hydrogen-bond acceptors (Lipinski definition) is 4. The van der Waals surface area contributed by atoms with Crippen LogP contribution in [0.4, 0.5) is 5.95 Å². The molecule has 5 heteroatoms. The molecule has 0 radical (unpaired) electrons. The average Bonchev–Trinajstić information content (AvgIpc) is 2.24. The monoisotopic (exact) mass is 203 g/mol. The molecule has 2 rings (SSSR count). The van der Waals surface area contributed by atoms with Crippen molar-refractivity contribution >= 4 is 5.95 Å². The maximum atomic E-state index is 11.3. The van der Waals surface area contributed by atoms with Crippen molar-refractivity contribution in [2.24, 2.45) is 0 Å². The maximum absolute atomic E-state index is 11.3. The summed E-state index contributed by atoms with van der Waals surface area (Å²) in [6, 6.07) is 8.98. The van der Waals surface area contributed by atoms with E-state index in [4.69, 9.17) is 10.5 Å². The zero-order chi connectivity index (χ0) is 10.7. The molecule has 15 heavy (non-hydrogen) atoms. The number of hydrogen-bond donors (Lipinski definition) is 2. The Bertz CT molecular complexity index is 508. The molecule has 0 aliphatic rings. The number of nitrogens with two attached hydrogens (primary N) is 1. The Balaban J connectivity index is 2.29. The molecule has 0 fully saturated rings. The molecule has 0 bridgehead atoms. The molecule has 5 nitrogen and oxygen atoms in total. The minimum atomic E-state index is -0.397. The lowest BCUT2D eigenvalue weighted by Crippen LogP contribution is -2.12. The summed E-state index contributed by atoms with van der Waals surface area (Å²) < 4.78 is 5.30. The Morgan fingerprint density at radius 2 is 2.00 bits per heavy atom. The van der Waals surface area contributed by atoms with Crippen molar-refractivity contribution < 1.29 is 4.74 Å². The number of anilines is 1. The first-order valence-corrected chi connectivity index (χ1v) is 4.33. The molecule has 0 spiro atoms. The second-order valence-electron chi connectivity index (χ2n) is 2.88. The molecule has 1 aromatic heterocycles. The van der Waals surface area contributed by atoms with Crippen molar-refractivity contribution in [2.45, 2.75) is 0 Å². The summed E-state index contributed by atoms with van der Waals surface area (Å²) in [5, 5.41) is 0. The van der Waals surface area contributed by atoms with E-state index in [0.29, 0.717) is 5.75 Å². The summed E-state index contributed by atoms with van der Waals surface area (Å²) in [6.45, 7) is 0. The average molecular weight is 203 g/mol. The lowest BCUT2D eigenvalue weighted by molar-refractivity contribution is 0.472. The van der Waals surface area contributed by atoms with Gasteiger partial charge < -0.3 is 10.5 Å². The molecule has 0 amide bonds. The summed E-state index contributed by atoms with van der Waals surface area (Å²) in [5.41, 5.74) is 4.90. The standard InChI is InChI=1S/C10H9N3O2/c11-10-12-6-8(9(14)13-10)15-7-4-2-1-3-5-7/h1-6H,(H3,11,12,13,14). The predicted octanol–water partition coefficient (Wildman–Crippen LogP) is 1.14. The molecule has 0 aliphatic carbocycles. The van der Waals surface area contributed by atoms with E-state index < -0.39 is 5.56 Å². The van der Waals surface area contributed by atoms with Crippen LogP contribution in [-0.4, -0.2) is 9.97 Å². The third kappa shape index (κ3) is 2.14. The number of ether oxygens (including phenoxy) is 1. The van der Waals surface area contributed by atoms with Gasteiger partial charge in [-0.25, -0.2) is 4.98 Å². The number of nitrogen functional groups attached to an aromatic ring is 1. The van der Waals surface area contributed by atoms with E-state index in [2.05, 4.69) is 9.97 Å². The van der Waals surface area contributed by atoms with Gasteiger partial charge in [0.2, 0.25) is 5.75 Å². The molecule has 2 aromatic rings. The highest BCUT2D eigenvalue weighted by Crippen LogP contribution is 2.15. The Morgan fingerprint density at radius 1 is 1.27 bits per heavy atom. The molecule has 0 atom stereocenters. The Hall–Kier alpha value is -2.30. The number of aromatic nitrogens is 2. The van der Waals surface area contributed by atoms with Crippen LogP contribution in [0.25, 0.3) is 0 Å². The zero-order valence-corrected chi connectivity index (χ0v) is 7.81. The smallest absolute Gasteiger partial charge is 0.295 e. The molecule has 3 N–H and O–H groups in total. The van der Waals surface area contributed by atoms with Crippen LogP contribution < -0.4 is 16.0 Å². The van der Waals surface area contributed by atoms with Gasteiger partial charge in [-0.3, -0.25) is 9.78 Å². The molecule has 0 unspecified atom stereocenters. The van der Waals surface area contributed by atoms with Gasteiger partial charge in [-0.05, 0) is 12.1 Å². The van der Waals surface area contributed by atoms with Gasteiger partial charge in [0.25, 0.3) is 5.56 Å². The molecule has 1 heterocycles. The van der Waals surface area contributed by atoms with Gasteiger partial charge in [-0.15, -0.1) is 0 Å². The molecule has 1 aromatic carbocycles. The van der Waals surface area contributed by atoms with Crippen LogP contribution in [0.3, 0.4) is 0 Å². The fraction of sp³-hybridized carbons (Fsp3) is 0. The van der Waals surface area contributed by atoms with Gasteiger partial charge in [0.15, 0.2) is 5.95 Å². The van der Waals surface area contributed by atoms with Crippen molar-refractivity contribution in [3.63, 3.8) is 0 Å². The fourth-order valence-corrected chi connectivity index (χ4v) is 1.09. The zero-order valence-electron chi connectivity index (χ0n) is 7.81. The summed E-state index contributed by atoms with van der Waals surface area (Å²) in [4.78, 5) is 17.4. The Morgan fingerprint density at radius 3 is 2.67 bits per heavy atom. The number of rotatable bonds is 2. The van der Waals surface area contributed by atoms with E-state index in [0.717, 1.165) is 0 Å². The Kier molecular flexibility index (Phi) is 2.37. The minimum absolute atomic E-state index is 0.0698. The van der Waals surface area contributed by atoms with E-state index in [-0.39, 0.29) is 11.7 Å². The lowest BCUT2D eigenvalue weighted by Gasteiger charge is -2.03. The highest BCUT2D eigenvalue weighted by atomic mass is 16.5. The first kappa shape index (κ1) is 9.26. The van der Waals surface area contributed by atoms with Crippen LogP contribution in [0.15, 0.2) is 41.3 Å². The fourth-order valence-electron chi connectivity index (χ4n) is 1.09. The molecule has 0 saturated heterocycles. The largest absolute Gasteiger partial charge is 0.450 e. The van der Waals surface area contributed by atoms with Crippen LogP contribution in [0.2, 0.25) is 0 Å². The van der Waals surface area contributed by atoms with Gasteiger partial charge in [0.05, 0.1) is 6.20 Å². The summed E-state index contributed by atoms with van der Waals surface area (Å²) in [5.74, 6) is 0.769. The van der Waals surface area contributed by atoms with Gasteiger partial charge in [-0.2, -0.15) is 0 Å². The van der Waals surface area contributed by atoms with E-state index >= 15 is 0 Å². The highest BCUT2D eigenvalue weighted by Gasteiger charge is 2.02. The summed E-state index contributed by atoms with van der Waals surface area (Å²) in [7, 11) is 0. The first-order chi connectivity index (χ1) is 7.25.